The highest BCUT2D eigenvalue weighted by molar-refractivity contribution is 7.98. The molecule has 3 nitrogen and oxygen atoms in total. The van der Waals surface area contributed by atoms with Crippen LogP contribution in [0.1, 0.15) is 5.56 Å². The van der Waals surface area contributed by atoms with Crippen LogP contribution in [0.4, 0.5) is 0 Å². The number of thioether (sulfide) groups is 1. The van der Waals surface area contributed by atoms with Gasteiger partial charge in [0.1, 0.15) is 6.04 Å². The molecule has 0 aromatic heterocycles. The number of carboxylic acid groups (broad SMARTS) is 1. The quantitative estimate of drug-likeness (QED) is 0.823. The second-order valence-electron chi connectivity index (χ2n) is 3.32. The lowest BCUT2D eigenvalue weighted by molar-refractivity contribution is -0.138. The second kappa shape index (κ2) is 6.78. The van der Waals surface area contributed by atoms with Crippen LogP contribution in [0.25, 0.3) is 0 Å². The summed E-state index contributed by atoms with van der Waals surface area (Å²) in [5.74, 6) is 0.531. The van der Waals surface area contributed by atoms with E-state index in [1.54, 1.807) is 18.8 Å². The molecule has 0 spiro atoms. The van der Waals surface area contributed by atoms with Gasteiger partial charge in [-0.25, -0.2) is 0 Å². The van der Waals surface area contributed by atoms with E-state index >= 15 is 0 Å². The highest BCUT2D eigenvalue weighted by atomic mass is 35.5. The first-order chi connectivity index (χ1) is 7.63. The van der Waals surface area contributed by atoms with Gasteiger partial charge in [0.05, 0.1) is 0 Å². The zero-order valence-electron chi connectivity index (χ0n) is 8.94. The zero-order valence-corrected chi connectivity index (χ0v) is 10.5. The van der Waals surface area contributed by atoms with Gasteiger partial charge in [0, 0.05) is 16.5 Å². The number of carboxylic acids is 1. The number of rotatable bonds is 6. The first-order valence-corrected chi connectivity index (χ1v) is 6.39. The van der Waals surface area contributed by atoms with Crippen molar-refractivity contribution in [3.8, 4) is 0 Å². The fraction of sp³-hybridized carbons (Fsp3) is 0.364. The molecule has 5 heteroatoms. The summed E-state index contributed by atoms with van der Waals surface area (Å²) < 4.78 is 0. The highest BCUT2D eigenvalue weighted by Gasteiger charge is 2.13. The molecule has 2 N–H and O–H groups in total. The third kappa shape index (κ3) is 4.43. The van der Waals surface area contributed by atoms with Crippen molar-refractivity contribution in [2.24, 2.45) is 0 Å². The predicted molar refractivity (Wildman–Crippen MR) is 68.1 cm³/mol. The Morgan fingerprint density at radius 3 is 2.62 bits per heavy atom. The summed E-state index contributed by atoms with van der Waals surface area (Å²) in [5, 5.41) is 12.3. The lowest BCUT2D eigenvalue weighted by Crippen LogP contribution is -2.36. The molecule has 0 aliphatic rings. The molecule has 0 bridgehead atoms. The van der Waals surface area contributed by atoms with Gasteiger partial charge >= 0.3 is 5.97 Å². The van der Waals surface area contributed by atoms with Crippen LogP contribution in [-0.4, -0.2) is 29.9 Å². The molecule has 0 amide bonds. The maximum Gasteiger partial charge on any atom is 0.321 e. The van der Waals surface area contributed by atoms with Gasteiger partial charge in [-0.15, -0.1) is 0 Å². The minimum atomic E-state index is -0.814. The molecule has 1 unspecified atom stereocenters. The number of aliphatic carboxylic acids is 1. The molecule has 0 saturated heterocycles. The topological polar surface area (TPSA) is 49.3 Å². The van der Waals surface area contributed by atoms with Gasteiger partial charge in [0.2, 0.25) is 0 Å². The van der Waals surface area contributed by atoms with Gasteiger partial charge in [-0.3, -0.25) is 4.79 Å². The summed E-state index contributed by atoms with van der Waals surface area (Å²) in [6.45, 7) is 0. The minimum absolute atomic E-state index is 0.489. The molecule has 0 saturated carbocycles. The van der Waals surface area contributed by atoms with Crippen LogP contribution in [0, 0.1) is 0 Å². The third-order valence-electron chi connectivity index (χ3n) is 2.11. The largest absolute Gasteiger partial charge is 0.480 e. The van der Waals surface area contributed by atoms with E-state index in [0.29, 0.717) is 10.8 Å². The Labute approximate surface area is 104 Å². The Balaban J connectivity index is 2.35. The number of hydrogen-bond acceptors (Lipinski definition) is 3. The molecule has 0 radical (unpaired) electrons. The summed E-state index contributed by atoms with van der Waals surface area (Å²) in [4.78, 5) is 10.7. The van der Waals surface area contributed by atoms with Crippen molar-refractivity contribution in [2.45, 2.75) is 11.8 Å². The Morgan fingerprint density at radius 2 is 2.12 bits per heavy atom. The Bertz CT molecular complexity index is 342. The number of hydrogen-bond donors (Lipinski definition) is 2. The van der Waals surface area contributed by atoms with E-state index in [2.05, 4.69) is 5.32 Å². The fourth-order valence-electron chi connectivity index (χ4n) is 1.15. The van der Waals surface area contributed by atoms with Gasteiger partial charge in [0.15, 0.2) is 0 Å². The van der Waals surface area contributed by atoms with E-state index in [1.165, 1.54) is 0 Å². The lowest BCUT2D eigenvalue weighted by Gasteiger charge is -2.10. The first-order valence-electron chi connectivity index (χ1n) is 4.85. The first kappa shape index (κ1) is 13.4. The summed E-state index contributed by atoms with van der Waals surface area (Å²) in [5.41, 5.74) is 1.15. The van der Waals surface area contributed by atoms with Crippen LogP contribution >= 0.6 is 23.4 Å². The molecule has 0 aliphatic heterocycles. The monoisotopic (exact) mass is 259 g/mol. The SMILES string of the molecule is CNC(CSCc1ccc(Cl)cc1)C(=O)O. The van der Waals surface area contributed by atoms with E-state index in [4.69, 9.17) is 16.7 Å². The van der Waals surface area contributed by atoms with Crippen LogP contribution < -0.4 is 5.32 Å². The summed E-state index contributed by atoms with van der Waals surface area (Å²) in [7, 11) is 1.65. The van der Waals surface area contributed by atoms with Crippen LogP contribution in [0.5, 0.6) is 0 Å². The molecule has 0 fully saturated rings. The number of likely N-dealkylation sites (N-methyl/N-ethyl adjacent to an activating group) is 1. The maximum absolute atomic E-state index is 10.7. The van der Waals surface area contributed by atoms with Crippen molar-refractivity contribution in [3.63, 3.8) is 0 Å². The van der Waals surface area contributed by atoms with Crippen molar-refractivity contribution in [1.29, 1.82) is 0 Å². The van der Waals surface area contributed by atoms with E-state index in [1.807, 2.05) is 24.3 Å². The lowest BCUT2D eigenvalue weighted by atomic mass is 10.2. The van der Waals surface area contributed by atoms with Crippen molar-refractivity contribution >= 4 is 29.3 Å². The van der Waals surface area contributed by atoms with E-state index in [-0.39, 0.29) is 0 Å². The number of carbonyl (C=O) groups is 1. The van der Waals surface area contributed by atoms with Gasteiger partial charge in [0.25, 0.3) is 0 Å². The van der Waals surface area contributed by atoms with E-state index < -0.39 is 12.0 Å². The molecule has 1 aromatic rings. The van der Waals surface area contributed by atoms with Crippen molar-refractivity contribution in [1.82, 2.24) is 5.32 Å². The predicted octanol–water partition coefficient (Wildman–Crippen LogP) is 2.25. The highest BCUT2D eigenvalue weighted by Crippen LogP contribution is 2.16. The Morgan fingerprint density at radius 1 is 1.50 bits per heavy atom. The molecule has 1 atom stereocenters. The second-order valence-corrected chi connectivity index (χ2v) is 4.79. The van der Waals surface area contributed by atoms with Crippen molar-refractivity contribution in [3.05, 3.63) is 34.9 Å². The van der Waals surface area contributed by atoms with Crippen LogP contribution in [0.3, 0.4) is 0 Å². The fourth-order valence-corrected chi connectivity index (χ4v) is 2.37. The smallest absolute Gasteiger partial charge is 0.321 e. The van der Waals surface area contributed by atoms with Crippen molar-refractivity contribution in [2.75, 3.05) is 12.8 Å². The maximum atomic E-state index is 10.7. The molecule has 1 rings (SSSR count). The number of halogens is 1. The summed E-state index contributed by atoms with van der Waals surface area (Å²) in [6, 6.07) is 7.08. The van der Waals surface area contributed by atoms with Gasteiger partial charge in [-0.2, -0.15) is 11.8 Å². The summed E-state index contributed by atoms with van der Waals surface area (Å²) >= 11 is 7.35. The zero-order chi connectivity index (χ0) is 12.0. The van der Waals surface area contributed by atoms with Crippen LogP contribution in [0.15, 0.2) is 24.3 Å². The summed E-state index contributed by atoms with van der Waals surface area (Å²) in [6.07, 6.45) is 0. The normalized spacial score (nSPS) is 12.4. The van der Waals surface area contributed by atoms with E-state index in [9.17, 15) is 4.79 Å². The Hall–Kier alpha value is -0.710. The third-order valence-corrected chi connectivity index (χ3v) is 3.47. The average Bonchev–Trinajstić information content (AvgIpc) is 2.26. The minimum Gasteiger partial charge on any atom is -0.480 e. The van der Waals surface area contributed by atoms with Gasteiger partial charge in [-0.05, 0) is 24.7 Å². The molecule has 0 heterocycles. The molecule has 0 aliphatic carbocycles. The average molecular weight is 260 g/mol. The van der Waals surface area contributed by atoms with Crippen LogP contribution in [-0.2, 0) is 10.5 Å². The number of benzene rings is 1. The van der Waals surface area contributed by atoms with Crippen LogP contribution in [0.2, 0.25) is 5.02 Å². The number of nitrogens with one attached hydrogen (secondary N) is 1. The Kier molecular flexibility index (Phi) is 5.66. The van der Waals surface area contributed by atoms with Gasteiger partial charge < -0.3 is 10.4 Å². The molecule has 88 valence electrons. The van der Waals surface area contributed by atoms with Crippen molar-refractivity contribution < 1.29 is 9.90 Å². The standard InChI is InChI=1S/C11H14ClNO2S/c1-13-10(11(14)15)7-16-6-8-2-4-9(12)5-3-8/h2-5,10,13H,6-7H2,1H3,(H,14,15). The molecule has 1 aromatic carbocycles. The molecular weight excluding hydrogens is 246 g/mol. The van der Waals surface area contributed by atoms with E-state index in [0.717, 1.165) is 11.3 Å². The molecule has 16 heavy (non-hydrogen) atoms. The van der Waals surface area contributed by atoms with Gasteiger partial charge in [-0.1, -0.05) is 23.7 Å². The molecular formula is C11H14ClNO2S.